The smallest absolute Gasteiger partial charge is 0.240 e. The van der Waals surface area contributed by atoms with E-state index in [2.05, 4.69) is 5.32 Å². The van der Waals surface area contributed by atoms with Gasteiger partial charge in [-0.1, -0.05) is 6.07 Å². The Morgan fingerprint density at radius 1 is 1.33 bits per heavy atom. The molecule has 0 unspecified atom stereocenters. The first-order chi connectivity index (χ1) is 8.17. The fourth-order valence-electron chi connectivity index (χ4n) is 1.77. The second kappa shape index (κ2) is 4.66. The van der Waals surface area contributed by atoms with Gasteiger partial charge >= 0.3 is 0 Å². The maximum atomic E-state index is 11.6. The van der Waals surface area contributed by atoms with Crippen LogP contribution in [0.1, 0.15) is 18.4 Å². The summed E-state index contributed by atoms with van der Waals surface area (Å²) in [5.41, 5.74) is 6.15. The van der Waals surface area contributed by atoms with Gasteiger partial charge in [-0.2, -0.15) is 0 Å². The molecule has 1 aliphatic carbocycles. The van der Waals surface area contributed by atoms with Crippen LogP contribution in [0.15, 0.2) is 18.2 Å². The van der Waals surface area contributed by atoms with Crippen LogP contribution in [0.4, 0.5) is 0 Å². The van der Waals surface area contributed by atoms with E-state index in [1.807, 2.05) is 18.2 Å². The number of rotatable bonds is 3. The molecule has 0 radical (unpaired) electrons. The van der Waals surface area contributed by atoms with E-state index >= 15 is 0 Å². The number of benzene rings is 1. The molecule has 1 fully saturated rings. The molecule has 0 aromatic heterocycles. The molecule has 1 heterocycles. The Kier molecular flexibility index (Phi) is 3.36. The first kappa shape index (κ1) is 13.0. The van der Waals surface area contributed by atoms with E-state index in [1.54, 1.807) is 0 Å². The molecule has 1 aliphatic heterocycles. The number of ether oxygens (including phenoxy) is 2. The summed E-state index contributed by atoms with van der Waals surface area (Å²) in [4.78, 5) is 11.6. The number of hydrogen-bond acceptors (Lipinski definition) is 4. The Morgan fingerprint density at radius 3 is 2.78 bits per heavy atom. The van der Waals surface area contributed by atoms with Gasteiger partial charge in [-0.15, -0.1) is 12.4 Å². The highest BCUT2D eigenvalue weighted by Gasteiger charge is 2.45. The van der Waals surface area contributed by atoms with Crippen molar-refractivity contribution in [1.29, 1.82) is 0 Å². The van der Waals surface area contributed by atoms with Crippen LogP contribution >= 0.6 is 12.4 Å². The number of carbonyl (C=O) groups is 1. The summed E-state index contributed by atoms with van der Waals surface area (Å²) in [5.74, 6) is 1.40. The lowest BCUT2D eigenvalue weighted by atomic mass is 10.2. The minimum atomic E-state index is -0.615. The first-order valence-electron chi connectivity index (χ1n) is 5.63. The quantitative estimate of drug-likeness (QED) is 0.857. The predicted molar refractivity (Wildman–Crippen MR) is 67.8 cm³/mol. The van der Waals surface area contributed by atoms with Crippen molar-refractivity contribution in [2.75, 3.05) is 6.79 Å². The summed E-state index contributed by atoms with van der Waals surface area (Å²) < 4.78 is 10.5. The third-order valence-electron chi connectivity index (χ3n) is 3.13. The second-order valence-electron chi connectivity index (χ2n) is 4.53. The van der Waals surface area contributed by atoms with Crippen LogP contribution in [0, 0.1) is 0 Å². The molecular weight excluding hydrogens is 256 g/mol. The summed E-state index contributed by atoms with van der Waals surface area (Å²) in [7, 11) is 0. The molecule has 2 aliphatic rings. The molecule has 3 rings (SSSR count). The molecule has 1 aromatic carbocycles. The van der Waals surface area contributed by atoms with Crippen molar-refractivity contribution in [2.24, 2.45) is 5.73 Å². The maximum Gasteiger partial charge on any atom is 0.240 e. The second-order valence-corrected chi connectivity index (χ2v) is 4.53. The third kappa shape index (κ3) is 2.37. The van der Waals surface area contributed by atoms with Gasteiger partial charge in [0.15, 0.2) is 11.5 Å². The largest absolute Gasteiger partial charge is 0.454 e. The number of carbonyl (C=O) groups excluding carboxylic acids is 1. The van der Waals surface area contributed by atoms with Gasteiger partial charge in [0.2, 0.25) is 12.7 Å². The summed E-state index contributed by atoms with van der Waals surface area (Å²) in [6.45, 7) is 0.728. The normalized spacial score (nSPS) is 17.8. The zero-order valence-corrected chi connectivity index (χ0v) is 10.6. The van der Waals surface area contributed by atoms with E-state index in [4.69, 9.17) is 15.2 Å². The maximum absolute atomic E-state index is 11.6. The average molecular weight is 271 g/mol. The molecule has 0 spiro atoms. The van der Waals surface area contributed by atoms with Crippen molar-refractivity contribution in [3.63, 3.8) is 0 Å². The van der Waals surface area contributed by atoms with Crippen molar-refractivity contribution in [3.05, 3.63) is 23.8 Å². The predicted octanol–water partition coefficient (Wildman–Crippen LogP) is 0.945. The Hall–Kier alpha value is -1.46. The molecule has 0 saturated heterocycles. The van der Waals surface area contributed by atoms with Crippen LogP contribution < -0.4 is 20.5 Å². The highest BCUT2D eigenvalue weighted by molar-refractivity contribution is 5.88. The lowest BCUT2D eigenvalue weighted by Gasteiger charge is -2.10. The zero-order chi connectivity index (χ0) is 11.9. The van der Waals surface area contributed by atoms with Crippen LogP contribution in [-0.2, 0) is 11.3 Å². The molecule has 1 aromatic rings. The van der Waals surface area contributed by atoms with Gasteiger partial charge in [0, 0.05) is 6.54 Å². The fraction of sp³-hybridized carbons (Fsp3) is 0.417. The number of halogens is 1. The number of amides is 1. The van der Waals surface area contributed by atoms with E-state index in [-0.39, 0.29) is 25.1 Å². The van der Waals surface area contributed by atoms with Gasteiger partial charge in [0.25, 0.3) is 0 Å². The van der Waals surface area contributed by atoms with E-state index < -0.39 is 5.54 Å². The van der Waals surface area contributed by atoms with Gasteiger partial charge in [-0.05, 0) is 30.5 Å². The van der Waals surface area contributed by atoms with Crippen molar-refractivity contribution in [2.45, 2.75) is 24.9 Å². The molecule has 18 heavy (non-hydrogen) atoms. The number of hydrogen-bond donors (Lipinski definition) is 2. The minimum absolute atomic E-state index is 0. The molecule has 0 bridgehead atoms. The van der Waals surface area contributed by atoms with Crippen LogP contribution in [0.5, 0.6) is 11.5 Å². The van der Waals surface area contributed by atoms with Gasteiger partial charge in [0.1, 0.15) is 0 Å². The standard InChI is InChI=1S/C12H14N2O3.ClH/c13-12(3-4-12)11(15)14-6-8-1-2-9-10(5-8)17-7-16-9;/h1-2,5H,3-4,6-7,13H2,(H,14,15);1H. The van der Waals surface area contributed by atoms with E-state index in [1.165, 1.54) is 0 Å². The SMILES string of the molecule is Cl.NC1(C(=O)NCc2ccc3c(c2)OCO3)CC1. The molecule has 98 valence electrons. The van der Waals surface area contributed by atoms with Crippen molar-refractivity contribution in [3.8, 4) is 11.5 Å². The highest BCUT2D eigenvalue weighted by Crippen LogP contribution is 2.33. The van der Waals surface area contributed by atoms with Crippen molar-refractivity contribution >= 4 is 18.3 Å². The number of nitrogens with one attached hydrogen (secondary N) is 1. The van der Waals surface area contributed by atoms with Crippen LogP contribution in [0.25, 0.3) is 0 Å². The van der Waals surface area contributed by atoms with Crippen LogP contribution in [-0.4, -0.2) is 18.2 Å². The van der Waals surface area contributed by atoms with Gasteiger partial charge in [0.05, 0.1) is 5.54 Å². The van der Waals surface area contributed by atoms with Crippen molar-refractivity contribution in [1.82, 2.24) is 5.32 Å². The van der Waals surface area contributed by atoms with Crippen LogP contribution in [0.2, 0.25) is 0 Å². The average Bonchev–Trinajstić information content (AvgIpc) is 2.93. The highest BCUT2D eigenvalue weighted by atomic mass is 35.5. The van der Waals surface area contributed by atoms with Crippen LogP contribution in [0.3, 0.4) is 0 Å². The Bertz CT molecular complexity index is 474. The summed E-state index contributed by atoms with van der Waals surface area (Å²) >= 11 is 0. The monoisotopic (exact) mass is 270 g/mol. The lowest BCUT2D eigenvalue weighted by Crippen LogP contribution is -2.42. The fourth-order valence-corrected chi connectivity index (χ4v) is 1.77. The first-order valence-corrected chi connectivity index (χ1v) is 5.63. The minimum Gasteiger partial charge on any atom is -0.454 e. The third-order valence-corrected chi connectivity index (χ3v) is 3.13. The van der Waals surface area contributed by atoms with Gasteiger partial charge < -0.3 is 20.5 Å². The molecule has 0 atom stereocenters. The number of fused-ring (bicyclic) bond motifs is 1. The molecular formula is C12H15ClN2O3. The van der Waals surface area contributed by atoms with E-state index in [0.29, 0.717) is 6.54 Å². The molecule has 1 amide bonds. The molecule has 6 heteroatoms. The van der Waals surface area contributed by atoms with Gasteiger partial charge in [-0.25, -0.2) is 0 Å². The summed E-state index contributed by atoms with van der Waals surface area (Å²) in [6, 6.07) is 5.63. The zero-order valence-electron chi connectivity index (χ0n) is 9.77. The topological polar surface area (TPSA) is 73.6 Å². The Labute approximate surface area is 111 Å². The van der Waals surface area contributed by atoms with Crippen molar-refractivity contribution < 1.29 is 14.3 Å². The Balaban J connectivity index is 0.00000120. The summed E-state index contributed by atoms with van der Waals surface area (Å²) in [6.07, 6.45) is 1.56. The molecule has 3 N–H and O–H groups in total. The molecule has 1 saturated carbocycles. The van der Waals surface area contributed by atoms with Gasteiger partial charge in [-0.3, -0.25) is 4.79 Å². The summed E-state index contributed by atoms with van der Waals surface area (Å²) in [5, 5.41) is 2.83. The lowest BCUT2D eigenvalue weighted by molar-refractivity contribution is -0.123. The number of nitrogens with two attached hydrogens (primary N) is 1. The Morgan fingerprint density at radius 2 is 2.06 bits per heavy atom. The molecule has 5 nitrogen and oxygen atoms in total. The van der Waals surface area contributed by atoms with E-state index in [9.17, 15) is 4.79 Å². The van der Waals surface area contributed by atoms with E-state index in [0.717, 1.165) is 29.9 Å².